The van der Waals surface area contributed by atoms with Crippen molar-refractivity contribution >= 4 is 21.6 Å². The lowest BCUT2D eigenvalue weighted by Crippen LogP contribution is -2.04. The summed E-state index contributed by atoms with van der Waals surface area (Å²) in [6.07, 6.45) is 6.54. The van der Waals surface area contributed by atoms with Gasteiger partial charge in [-0.1, -0.05) is 6.92 Å². The van der Waals surface area contributed by atoms with Gasteiger partial charge in [-0.15, -0.1) is 0 Å². The zero-order chi connectivity index (χ0) is 13.1. The molecule has 0 unspecified atom stereocenters. The molecule has 0 bridgehead atoms. The molecule has 2 heterocycles. The first-order valence-corrected chi connectivity index (χ1v) is 6.25. The molecule has 0 aliphatic rings. The molecule has 7 heteroatoms. The van der Waals surface area contributed by atoms with Crippen molar-refractivity contribution in [3.8, 4) is 5.82 Å². The number of nitro groups is 1. The highest BCUT2D eigenvalue weighted by Gasteiger charge is 2.13. The van der Waals surface area contributed by atoms with Gasteiger partial charge in [0.25, 0.3) is 5.69 Å². The normalized spacial score (nSPS) is 10.6. The van der Waals surface area contributed by atoms with Crippen LogP contribution < -0.4 is 0 Å². The minimum Gasteiger partial charge on any atom is -0.287 e. The molecular formula is C11H11BrN4O2. The first-order valence-electron chi connectivity index (χ1n) is 5.46. The van der Waals surface area contributed by atoms with Crippen LogP contribution in [0.5, 0.6) is 0 Å². The second-order valence-corrected chi connectivity index (χ2v) is 4.57. The van der Waals surface area contributed by atoms with Crippen LogP contribution in [0, 0.1) is 10.1 Å². The van der Waals surface area contributed by atoms with Gasteiger partial charge >= 0.3 is 0 Å². The van der Waals surface area contributed by atoms with Crippen LogP contribution in [0.3, 0.4) is 0 Å². The van der Waals surface area contributed by atoms with Crippen LogP contribution >= 0.6 is 15.9 Å². The number of hydrogen-bond acceptors (Lipinski definition) is 4. The second kappa shape index (κ2) is 5.26. The maximum Gasteiger partial charge on any atom is 0.288 e. The summed E-state index contributed by atoms with van der Waals surface area (Å²) in [5.41, 5.74) is -0.0391. The number of imidazole rings is 1. The Kier molecular flexibility index (Phi) is 3.71. The highest BCUT2D eigenvalue weighted by molar-refractivity contribution is 9.10. The van der Waals surface area contributed by atoms with Crippen molar-refractivity contribution in [2.75, 3.05) is 0 Å². The molecular weight excluding hydrogens is 300 g/mol. The molecule has 0 spiro atoms. The van der Waals surface area contributed by atoms with Gasteiger partial charge in [-0.2, -0.15) is 0 Å². The van der Waals surface area contributed by atoms with Crippen molar-refractivity contribution in [3.05, 3.63) is 45.1 Å². The van der Waals surface area contributed by atoms with Crippen LogP contribution in [0.15, 0.2) is 29.1 Å². The van der Waals surface area contributed by atoms with E-state index in [1.807, 2.05) is 4.57 Å². The molecule has 0 atom stereocenters. The molecule has 0 N–H and O–H groups in total. The van der Waals surface area contributed by atoms with E-state index in [1.165, 1.54) is 12.3 Å². The lowest BCUT2D eigenvalue weighted by atomic mass is 10.3. The third kappa shape index (κ3) is 2.40. The fourth-order valence-corrected chi connectivity index (χ4v) is 2.16. The third-order valence-electron chi connectivity index (χ3n) is 2.44. The van der Waals surface area contributed by atoms with Gasteiger partial charge in [0.2, 0.25) is 0 Å². The van der Waals surface area contributed by atoms with Crippen LogP contribution in [-0.2, 0) is 6.42 Å². The van der Waals surface area contributed by atoms with Gasteiger partial charge in [0.1, 0.15) is 12.0 Å². The summed E-state index contributed by atoms with van der Waals surface area (Å²) in [6.45, 7) is 2.07. The number of aromatic nitrogens is 3. The summed E-state index contributed by atoms with van der Waals surface area (Å²) < 4.78 is 2.41. The molecule has 0 saturated heterocycles. The van der Waals surface area contributed by atoms with Gasteiger partial charge in [0.05, 0.1) is 9.40 Å². The highest BCUT2D eigenvalue weighted by atomic mass is 79.9. The van der Waals surface area contributed by atoms with Gasteiger partial charge in [0, 0.05) is 24.9 Å². The maximum atomic E-state index is 10.6. The SMILES string of the molecule is CCCc1nccn1-c1ncc([N+](=O)[O-])cc1Br. The molecule has 0 radical (unpaired) electrons. The number of nitrogens with zero attached hydrogens (tertiary/aromatic N) is 4. The summed E-state index contributed by atoms with van der Waals surface area (Å²) in [4.78, 5) is 18.5. The highest BCUT2D eigenvalue weighted by Crippen LogP contribution is 2.24. The van der Waals surface area contributed by atoms with Crippen molar-refractivity contribution in [1.29, 1.82) is 0 Å². The minimum absolute atomic E-state index is 0.0391. The Morgan fingerprint density at radius 1 is 1.50 bits per heavy atom. The van der Waals surface area contributed by atoms with Gasteiger partial charge in [-0.05, 0) is 22.4 Å². The molecule has 0 fully saturated rings. The topological polar surface area (TPSA) is 73.8 Å². The van der Waals surface area contributed by atoms with E-state index in [4.69, 9.17) is 0 Å². The summed E-state index contributed by atoms with van der Waals surface area (Å²) in [5, 5.41) is 10.6. The fourth-order valence-electron chi connectivity index (χ4n) is 1.63. The molecule has 18 heavy (non-hydrogen) atoms. The third-order valence-corrected chi connectivity index (χ3v) is 3.02. The van der Waals surface area contributed by atoms with E-state index in [0.29, 0.717) is 10.3 Å². The van der Waals surface area contributed by atoms with E-state index in [0.717, 1.165) is 18.7 Å². The van der Waals surface area contributed by atoms with Crippen LogP contribution in [0.4, 0.5) is 5.69 Å². The van der Waals surface area contributed by atoms with E-state index in [2.05, 4.69) is 32.8 Å². The molecule has 6 nitrogen and oxygen atoms in total. The van der Waals surface area contributed by atoms with Crippen molar-refractivity contribution in [1.82, 2.24) is 14.5 Å². The van der Waals surface area contributed by atoms with Crippen molar-refractivity contribution < 1.29 is 4.92 Å². The average Bonchev–Trinajstić information content (AvgIpc) is 2.77. The zero-order valence-corrected chi connectivity index (χ0v) is 11.3. The molecule has 2 rings (SSSR count). The predicted octanol–water partition coefficient (Wildman–Crippen LogP) is 2.89. The largest absolute Gasteiger partial charge is 0.288 e. The summed E-state index contributed by atoms with van der Waals surface area (Å²) in [6, 6.07) is 1.44. The average molecular weight is 311 g/mol. The summed E-state index contributed by atoms with van der Waals surface area (Å²) in [5.74, 6) is 1.50. The monoisotopic (exact) mass is 310 g/mol. The molecule has 2 aromatic heterocycles. The standard InChI is InChI=1S/C11H11BrN4O2/c1-2-3-10-13-4-5-15(10)11-9(12)6-8(7-14-11)16(17)18/h4-7H,2-3H2,1H3. The van der Waals surface area contributed by atoms with E-state index >= 15 is 0 Å². The number of halogens is 1. The van der Waals surface area contributed by atoms with E-state index in [1.54, 1.807) is 12.4 Å². The number of pyridine rings is 1. The summed E-state index contributed by atoms with van der Waals surface area (Å²) >= 11 is 3.31. The van der Waals surface area contributed by atoms with Gasteiger partial charge in [0.15, 0.2) is 5.82 Å². The Morgan fingerprint density at radius 2 is 2.28 bits per heavy atom. The molecule has 0 saturated carbocycles. The Balaban J connectivity index is 2.44. The molecule has 0 aliphatic heterocycles. The molecule has 94 valence electrons. The van der Waals surface area contributed by atoms with Crippen LogP contribution in [0.2, 0.25) is 0 Å². The van der Waals surface area contributed by atoms with Crippen LogP contribution in [0.25, 0.3) is 5.82 Å². The van der Waals surface area contributed by atoms with Gasteiger partial charge in [-0.3, -0.25) is 14.7 Å². The number of aryl methyl sites for hydroxylation is 1. The number of rotatable bonds is 4. The Labute approximate surface area is 112 Å². The van der Waals surface area contributed by atoms with Crippen LogP contribution in [-0.4, -0.2) is 19.5 Å². The molecule has 2 aromatic rings. The first kappa shape index (κ1) is 12.7. The Bertz CT molecular complexity index is 582. The quantitative estimate of drug-likeness (QED) is 0.643. The lowest BCUT2D eigenvalue weighted by molar-refractivity contribution is -0.385. The van der Waals surface area contributed by atoms with E-state index in [-0.39, 0.29) is 5.69 Å². The van der Waals surface area contributed by atoms with Gasteiger partial charge in [-0.25, -0.2) is 9.97 Å². The minimum atomic E-state index is -0.470. The van der Waals surface area contributed by atoms with Crippen molar-refractivity contribution in [2.45, 2.75) is 19.8 Å². The maximum absolute atomic E-state index is 10.6. The van der Waals surface area contributed by atoms with Crippen molar-refractivity contribution in [3.63, 3.8) is 0 Å². The number of hydrogen-bond donors (Lipinski definition) is 0. The smallest absolute Gasteiger partial charge is 0.287 e. The zero-order valence-electron chi connectivity index (χ0n) is 9.71. The Morgan fingerprint density at radius 3 is 2.89 bits per heavy atom. The fraction of sp³-hybridized carbons (Fsp3) is 0.273. The van der Waals surface area contributed by atoms with E-state index in [9.17, 15) is 10.1 Å². The molecule has 0 amide bonds. The second-order valence-electron chi connectivity index (χ2n) is 3.72. The molecule has 0 aromatic carbocycles. The van der Waals surface area contributed by atoms with E-state index < -0.39 is 4.92 Å². The molecule has 0 aliphatic carbocycles. The van der Waals surface area contributed by atoms with Crippen molar-refractivity contribution in [2.24, 2.45) is 0 Å². The predicted molar refractivity (Wildman–Crippen MR) is 69.7 cm³/mol. The van der Waals surface area contributed by atoms with Gasteiger partial charge < -0.3 is 0 Å². The Hall–Kier alpha value is -1.76. The first-order chi connectivity index (χ1) is 8.63. The summed E-state index contributed by atoms with van der Waals surface area (Å²) in [7, 11) is 0. The lowest BCUT2D eigenvalue weighted by Gasteiger charge is -2.07. The van der Waals surface area contributed by atoms with Crippen LogP contribution in [0.1, 0.15) is 19.2 Å².